The second-order valence-electron chi connectivity index (χ2n) is 6.28. The fourth-order valence-corrected chi connectivity index (χ4v) is 3.24. The predicted octanol–water partition coefficient (Wildman–Crippen LogP) is 4.14. The van der Waals surface area contributed by atoms with Crippen molar-refractivity contribution < 1.29 is 9.18 Å². The largest absolute Gasteiger partial charge is 0.272 e. The lowest BCUT2D eigenvalue weighted by Crippen LogP contribution is -2.46. The lowest BCUT2D eigenvalue weighted by atomic mass is 10.1. The Morgan fingerprint density at radius 3 is 2.46 bits per heavy atom. The van der Waals surface area contributed by atoms with E-state index in [-0.39, 0.29) is 11.7 Å². The van der Waals surface area contributed by atoms with Gasteiger partial charge in [0.2, 0.25) is 0 Å². The Labute approximate surface area is 145 Å². The van der Waals surface area contributed by atoms with E-state index in [9.17, 15) is 9.18 Å². The van der Waals surface area contributed by atoms with Gasteiger partial charge < -0.3 is 0 Å². The number of halogens is 1. The van der Waals surface area contributed by atoms with Crippen LogP contribution < -0.4 is 0 Å². The van der Waals surface area contributed by atoms with Crippen molar-refractivity contribution >= 4 is 28.8 Å². The standard InChI is InChI=1S/C19H17FN2OS/c1-12-5-4-6-14(11-12)16-18(24)22(19(2,3)21-16)17(23)13-7-9-15(20)10-8-13/h4-11H,1-3H3. The number of aryl methyl sites for hydroxylation is 1. The van der Waals surface area contributed by atoms with Gasteiger partial charge in [0.25, 0.3) is 5.91 Å². The first-order valence-electron chi connectivity index (χ1n) is 7.61. The van der Waals surface area contributed by atoms with Crippen molar-refractivity contribution in [1.82, 2.24) is 4.90 Å². The number of carbonyl (C=O) groups excluding carboxylic acids is 1. The summed E-state index contributed by atoms with van der Waals surface area (Å²) in [6.45, 7) is 5.67. The molecule has 1 aliphatic heterocycles. The van der Waals surface area contributed by atoms with Crippen molar-refractivity contribution in [3.8, 4) is 0 Å². The highest BCUT2D eigenvalue weighted by Gasteiger charge is 2.42. The Hall–Kier alpha value is -2.40. The lowest BCUT2D eigenvalue weighted by molar-refractivity contribution is 0.0758. The normalized spacial score (nSPS) is 16.2. The van der Waals surface area contributed by atoms with E-state index in [1.807, 2.05) is 45.0 Å². The number of carbonyl (C=O) groups is 1. The molecule has 0 bridgehead atoms. The number of nitrogens with zero attached hydrogens (tertiary/aromatic N) is 2. The molecule has 3 rings (SSSR count). The molecule has 2 aromatic rings. The van der Waals surface area contributed by atoms with Crippen LogP contribution in [0.2, 0.25) is 0 Å². The van der Waals surface area contributed by atoms with Crippen LogP contribution in [0.3, 0.4) is 0 Å². The van der Waals surface area contributed by atoms with Crippen LogP contribution in [0.15, 0.2) is 53.5 Å². The number of rotatable bonds is 2. The average molecular weight is 340 g/mol. The van der Waals surface area contributed by atoms with E-state index in [2.05, 4.69) is 4.99 Å². The summed E-state index contributed by atoms with van der Waals surface area (Å²) in [7, 11) is 0. The third-order valence-electron chi connectivity index (χ3n) is 3.92. The highest BCUT2D eigenvalue weighted by atomic mass is 32.1. The highest BCUT2D eigenvalue weighted by Crippen LogP contribution is 2.29. The molecule has 1 aliphatic rings. The van der Waals surface area contributed by atoms with E-state index in [1.165, 1.54) is 29.2 Å². The Morgan fingerprint density at radius 2 is 1.83 bits per heavy atom. The van der Waals surface area contributed by atoms with Crippen molar-refractivity contribution in [2.24, 2.45) is 4.99 Å². The smallest absolute Gasteiger partial charge is 0.260 e. The van der Waals surface area contributed by atoms with Crippen LogP contribution in [0.25, 0.3) is 0 Å². The molecule has 24 heavy (non-hydrogen) atoms. The van der Waals surface area contributed by atoms with Gasteiger partial charge in [-0.15, -0.1) is 0 Å². The van der Waals surface area contributed by atoms with Gasteiger partial charge in [-0.2, -0.15) is 0 Å². The molecule has 122 valence electrons. The molecule has 1 heterocycles. The Bertz CT molecular complexity index is 856. The van der Waals surface area contributed by atoms with Crippen molar-refractivity contribution in [1.29, 1.82) is 0 Å². The molecule has 5 heteroatoms. The van der Waals surface area contributed by atoms with Gasteiger partial charge in [0, 0.05) is 11.1 Å². The van der Waals surface area contributed by atoms with Crippen LogP contribution in [0, 0.1) is 12.7 Å². The summed E-state index contributed by atoms with van der Waals surface area (Å²) in [5.41, 5.74) is 2.21. The van der Waals surface area contributed by atoms with Crippen molar-refractivity contribution in [2.45, 2.75) is 26.4 Å². The van der Waals surface area contributed by atoms with Gasteiger partial charge in [0.05, 0.1) is 0 Å². The summed E-state index contributed by atoms with van der Waals surface area (Å²) in [4.78, 5) is 19.4. The molecule has 0 saturated heterocycles. The fraction of sp³-hybridized carbons (Fsp3) is 0.211. The van der Waals surface area contributed by atoms with E-state index < -0.39 is 5.66 Å². The van der Waals surface area contributed by atoms with Crippen LogP contribution >= 0.6 is 12.2 Å². The van der Waals surface area contributed by atoms with E-state index in [0.29, 0.717) is 16.3 Å². The van der Waals surface area contributed by atoms with Crippen molar-refractivity contribution in [3.05, 3.63) is 71.0 Å². The van der Waals surface area contributed by atoms with Gasteiger partial charge in [-0.3, -0.25) is 14.7 Å². The molecule has 1 amide bonds. The molecule has 0 fully saturated rings. The van der Waals surface area contributed by atoms with E-state index in [4.69, 9.17) is 12.2 Å². The highest BCUT2D eigenvalue weighted by molar-refractivity contribution is 7.82. The molecule has 0 unspecified atom stereocenters. The molecule has 0 atom stereocenters. The molecule has 0 saturated carbocycles. The Kier molecular flexibility index (Phi) is 4.05. The van der Waals surface area contributed by atoms with Crippen LogP contribution in [0.1, 0.15) is 35.3 Å². The zero-order chi connectivity index (χ0) is 17.5. The summed E-state index contributed by atoms with van der Waals surface area (Å²) >= 11 is 5.54. The van der Waals surface area contributed by atoms with Crippen LogP contribution in [0.4, 0.5) is 4.39 Å². The quantitative estimate of drug-likeness (QED) is 0.770. The topological polar surface area (TPSA) is 32.7 Å². The molecule has 2 aromatic carbocycles. The molecule has 0 radical (unpaired) electrons. The number of thiocarbonyl (C=S) groups is 1. The van der Waals surface area contributed by atoms with E-state index in [1.54, 1.807) is 0 Å². The second kappa shape index (κ2) is 5.91. The first kappa shape index (κ1) is 16.5. The van der Waals surface area contributed by atoms with Gasteiger partial charge in [-0.05, 0) is 51.1 Å². The van der Waals surface area contributed by atoms with Gasteiger partial charge in [0.1, 0.15) is 22.2 Å². The SMILES string of the molecule is Cc1cccc(C2=NC(C)(C)N(C(=O)c3ccc(F)cc3)C2=S)c1. The van der Waals surface area contributed by atoms with Gasteiger partial charge in [-0.1, -0.05) is 36.0 Å². The minimum atomic E-state index is -0.790. The minimum absolute atomic E-state index is 0.281. The Balaban J connectivity index is 1.98. The molecule has 0 aliphatic carbocycles. The second-order valence-corrected chi connectivity index (χ2v) is 6.66. The van der Waals surface area contributed by atoms with Gasteiger partial charge in [0.15, 0.2) is 0 Å². The maximum Gasteiger partial charge on any atom is 0.260 e. The summed E-state index contributed by atoms with van der Waals surface area (Å²) < 4.78 is 13.1. The van der Waals surface area contributed by atoms with E-state index >= 15 is 0 Å². The van der Waals surface area contributed by atoms with Crippen molar-refractivity contribution in [2.75, 3.05) is 0 Å². The number of amides is 1. The minimum Gasteiger partial charge on any atom is -0.272 e. The van der Waals surface area contributed by atoms with Gasteiger partial charge >= 0.3 is 0 Å². The first-order valence-corrected chi connectivity index (χ1v) is 8.02. The van der Waals surface area contributed by atoms with Gasteiger partial charge in [-0.25, -0.2) is 4.39 Å². The number of hydrogen-bond acceptors (Lipinski definition) is 3. The fourth-order valence-electron chi connectivity index (χ4n) is 2.77. The van der Waals surface area contributed by atoms with Crippen LogP contribution in [-0.4, -0.2) is 27.2 Å². The molecular formula is C19H17FN2OS. The third kappa shape index (κ3) is 2.87. The average Bonchev–Trinajstić information content (AvgIpc) is 2.77. The van der Waals surface area contributed by atoms with Crippen molar-refractivity contribution in [3.63, 3.8) is 0 Å². The zero-order valence-corrected chi connectivity index (χ0v) is 14.5. The third-order valence-corrected chi connectivity index (χ3v) is 4.30. The summed E-state index contributed by atoms with van der Waals surface area (Å²) in [5, 5.41) is 0. The summed E-state index contributed by atoms with van der Waals surface area (Å²) in [5.74, 6) is -0.664. The number of aliphatic imine (C=N–C) groups is 1. The maximum atomic E-state index is 13.1. The summed E-state index contributed by atoms with van der Waals surface area (Å²) in [6.07, 6.45) is 0. The Morgan fingerprint density at radius 1 is 1.17 bits per heavy atom. The van der Waals surface area contributed by atoms with Crippen LogP contribution in [-0.2, 0) is 0 Å². The molecular weight excluding hydrogens is 323 g/mol. The predicted molar refractivity (Wildman–Crippen MR) is 97.0 cm³/mol. The van der Waals surface area contributed by atoms with E-state index in [0.717, 1.165) is 11.1 Å². The zero-order valence-electron chi connectivity index (χ0n) is 13.7. The number of hydrogen-bond donors (Lipinski definition) is 0. The first-order chi connectivity index (χ1) is 11.3. The molecule has 0 N–H and O–H groups in total. The molecule has 0 spiro atoms. The maximum absolute atomic E-state index is 13.1. The number of benzene rings is 2. The lowest BCUT2D eigenvalue weighted by Gasteiger charge is -2.29. The molecule has 0 aromatic heterocycles. The monoisotopic (exact) mass is 340 g/mol. The van der Waals surface area contributed by atoms with Crippen LogP contribution in [0.5, 0.6) is 0 Å². The molecule has 3 nitrogen and oxygen atoms in total. The summed E-state index contributed by atoms with van der Waals surface area (Å²) in [6, 6.07) is 13.3.